The lowest BCUT2D eigenvalue weighted by molar-refractivity contribution is 0.592. The van der Waals surface area contributed by atoms with Crippen molar-refractivity contribution in [2.24, 2.45) is 0 Å². The van der Waals surface area contributed by atoms with Crippen molar-refractivity contribution in [2.45, 2.75) is 43.5 Å². The summed E-state index contributed by atoms with van der Waals surface area (Å²) in [5.41, 5.74) is 2.84. The summed E-state index contributed by atoms with van der Waals surface area (Å²) in [5, 5.41) is 5.93. The minimum atomic E-state index is -3.70. The molecule has 1 fully saturated rings. The monoisotopic (exact) mass is 402 g/mol. The van der Waals surface area contributed by atoms with Gasteiger partial charge in [-0.2, -0.15) is 5.10 Å². The van der Waals surface area contributed by atoms with E-state index in [4.69, 9.17) is 0 Å². The zero-order valence-corrected chi connectivity index (χ0v) is 17.3. The number of rotatable bonds is 4. The first-order chi connectivity index (χ1) is 12.9. The molecule has 0 bridgehead atoms. The molecule has 1 aliphatic heterocycles. The SMILES string of the molecule is Cc1ccc(S(=O)(=O)c2nc(-n3nc(C)cc3C)sc2N2CCCC2)cc1. The van der Waals surface area contributed by atoms with Crippen LogP contribution in [0.1, 0.15) is 29.8 Å². The fourth-order valence-corrected chi connectivity index (χ4v) is 6.15. The number of nitrogens with zero attached hydrogens (tertiary/aromatic N) is 4. The van der Waals surface area contributed by atoms with Crippen molar-refractivity contribution in [3.8, 4) is 5.13 Å². The van der Waals surface area contributed by atoms with Gasteiger partial charge < -0.3 is 4.90 Å². The summed E-state index contributed by atoms with van der Waals surface area (Å²) in [4.78, 5) is 6.97. The second kappa shape index (κ2) is 6.76. The van der Waals surface area contributed by atoms with Gasteiger partial charge in [-0.05, 0) is 51.8 Å². The van der Waals surface area contributed by atoms with Gasteiger partial charge in [-0.25, -0.2) is 18.1 Å². The van der Waals surface area contributed by atoms with Gasteiger partial charge in [0.1, 0.15) is 5.00 Å². The van der Waals surface area contributed by atoms with Gasteiger partial charge in [-0.1, -0.05) is 29.0 Å². The number of hydrogen-bond acceptors (Lipinski definition) is 6. The second-order valence-corrected chi connectivity index (χ2v) is 9.78. The summed E-state index contributed by atoms with van der Waals surface area (Å²) in [5.74, 6) is 0. The van der Waals surface area contributed by atoms with Crippen LogP contribution >= 0.6 is 11.3 Å². The van der Waals surface area contributed by atoms with Crippen molar-refractivity contribution in [1.29, 1.82) is 0 Å². The van der Waals surface area contributed by atoms with Crippen LogP contribution in [-0.2, 0) is 9.84 Å². The number of anilines is 1. The van der Waals surface area contributed by atoms with Crippen LogP contribution in [0.3, 0.4) is 0 Å². The van der Waals surface area contributed by atoms with E-state index in [1.807, 2.05) is 39.0 Å². The number of sulfone groups is 1. The Labute approximate surface area is 163 Å². The van der Waals surface area contributed by atoms with Crippen molar-refractivity contribution in [2.75, 3.05) is 18.0 Å². The Morgan fingerprint density at radius 3 is 2.30 bits per heavy atom. The van der Waals surface area contributed by atoms with Crippen molar-refractivity contribution in [1.82, 2.24) is 14.8 Å². The van der Waals surface area contributed by atoms with Gasteiger partial charge in [0, 0.05) is 18.8 Å². The predicted octanol–water partition coefficient (Wildman–Crippen LogP) is 3.69. The minimum Gasteiger partial charge on any atom is -0.361 e. The third-order valence-electron chi connectivity index (χ3n) is 4.74. The molecule has 1 saturated heterocycles. The highest BCUT2D eigenvalue weighted by molar-refractivity contribution is 7.91. The summed E-state index contributed by atoms with van der Waals surface area (Å²) in [7, 11) is -3.70. The largest absolute Gasteiger partial charge is 0.361 e. The molecule has 0 spiro atoms. The van der Waals surface area contributed by atoms with E-state index in [0.29, 0.717) is 5.13 Å². The average molecular weight is 403 g/mol. The first-order valence-corrected chi connectivity index (χ1v) is 11.3. The normalized spacial score (nSPS) is 14.9. The Kier molecular flexibility index (Phi) is 4.55. The Bertz CT molecular complexity index is 1080. The number of aromatic nitrogens is 3. The van der Waals surface area contributed by atoms with Crippen LogP contribution in [0.4, 0.5) is 5.00 Å². The Hall–Kier alpha value is -2.19. The third-order valence-corrected chi connectivity index (χ3v) is 7.65. The highest BCUT2D eigenvalue weighted by atomic mass is 32.2. The molecule has 27 heavy (non-hydrogen) atoms. The quantitative estimate of drug-likeness (QED) is 0.666. The molecule has 1 aliphatic rings. The smallest absolute Gasteiger partial charge is 0.226 e. The van der Waals surface area contributed by atoms with Gasteiger partial charge in [-0.3, -0.25) is 0 Å². The van der Waals surface area contributed by atoms with E-state index in [2.05, 4.69) is 15.0 Å². The molecule has 0 atom stereocenters. The molecule has 8 heteroatoms. The van der Waals surface area contributed by atoms with E-state index >= 15 is 0 Å². The summed E-state index contributed by atoms with van der Waals surface area (Å²) in [6.45, 7) is 7.52. The molecule has 0 amide bonds. The summed E-state index contributed by atoms with van der Waals surface area (Å²) in [6, 6.07) is 8.90. The Morgan fingerprint density at radius 2 is 1.70 bits per heavy atom. The van der Waals surface area contributed by atoms with E-state index in [1.165, 1.54) is 11.3 Å². The van der Waals surface area contributed by atoms with Gasteiger partial charge in [0.05, 0.1) is 10.6 Å². The predicted molar refractivity (Wildman–Crippen MR) is 107 cm³/mol. The van der Waals surface area contributed by atoms with E-state index < -0.39 is 9.84 Å². The first-order valence-electron chi connectivity index (χ1n) is 8.97. The molecule has 1 aromatic carbocycles. The van der Waals surface area contributed by atoms with Gasteiger partial charge in [0.15, 0.2) is 5.03 Å². The van der Waals surface area contributed by atoms with Crippen LogP contribution in [0.5, 0.6) is 0 Å². The maximum atomic E-state index is 13.3. The molecule has 0 radical (unpaired) electrons. The fourth-order valence-electron chi connectivity index (χ4n) is 3.32. The first kappa shape index (κ1) is 18.2. The zero-order valence-electron chi connectivity index (χ0n) is 15.6. The van der Waals surface area contributed by atoms with Gasteiger partial charge in [-0.15, -0.1) is 0 Å². The molecule has 3 aromatic rings. The highest BCUT2D eigenvalue weighted by Gasteiger charge is 2.31. The van der Waals surface area contributed by atoms with E-state index in [-0.39, 0.29) is 9.92 Å². The van der Waals surface area contributed by atoms with Crippen molar-refractivity contribution in [3.63, 3.8) is 0 Å². The summed E-state index contributed by atoms with van der Waals surface area (Å²) >= 11 is 1.40. The molecule has 2 aromatic heterocycles. The van der Waals surface area contributed by atoms with Gasteiger partial charge in [0.25, 0.3) is 0 Å². The van der Waals surface area contributed by atoms with E-state index in [9.17, 15) is 8.42 Å². The Balaban J connectivity index is 1.87. The standard InChI is InChI=1S/C19H22N4O2S2/c1-13-6-8-16(9-7-13)27(24,25)17-18(22-10-4-5-11-22)26-19(20-17)23-15(3)12-14(2)21-23/h6-9,12H,4-5,10-11H2,1-3H3. The molecule has 142 valence electrons. The molecular weight excluding hydrogens is 380 g/mol. The highest BCUT2D eigenvalue weighted by Crippen LogP contribution is 2.38. The number of hydrogen-bond donors (Lipinski definition) is 0. The zero-order chi connectivity index (χ0) is 19.2. The lowest BCUT2D eigenvalue weighted by Crippen LogP contribution is -2.19. The van der Waals surface area contributed by atoms with Gasteiger partial charge >= 0.3 is 0 Å². The molecule has 3 heterocycles. The minimum absolute atomic E-state index is 0.140. The number of aryl methyl sites for hydroxylation is 3. The molecule has 6 nitrogen and oxygen atoms in total. The molecular formula is C19H22N4O2S2. The number of thiazole rings is 1. The van der Waals surface area contributed by atoms with Crippen molar-refractivity contribution < 1.29 is 8.42 Å². The van der Waals surface area contributed by atoms with Crippen LogP contribution in [0, 0.1) is 20.8 Å². The molecule has 0 aliphatic carbocycles. The van der Waals surface area contributed by atoms with E-state index in [0.717, 1.165) is 47.9 Å². The van der Waals surface area contributed by atoms with Crippen molar-refractivity contribution >= 4 is 26.2 Å². The Morgan fingerprint density at radius 1 is 1.04 bits per heavy atom. The lowest BCUT2D eigenvalue weighted by atomic mass is 10.2. The molecule has 4 rings (SSSR count). The van der Waals surface area contributed by atoms with Crippen LogP contribution in [0.25, 0.3) is 5.13 Å². The lowest BCUT2D eigenvalue weighted by Gasteiger charge is -2.16. The van der Waals surface area contributed by atoms with Crippen LogP contribution in [0.2, 0.25) is 0 Å². The number of benzene rings is 1. The maximum absolute atomic E-state index is 13.3. The molecule has 0 saturated carbocycles. The summed E-state index contributed by atoms with van der Waals surface area (Å²) in [6.07, 6.45) is 2.13. The molecule has 0 N–H and O–H groups in total. The topological polar surface area (TPSA) is 68.1 Å². The van der Waals surface area contributed by atoms with Crippen LogP contribution < -0.4 is 4.90 Å². The van der Waals surface area contributed by atoms with Crippen molar-refractivity contribution in [3.05, 3.63) is 47.3 Å². The average Bonchev–Trinajstić information content (AvgIpc) is 3.34. The maximum Gasteiger partial charge on any atom is 0.226 e. The van der Waals surface area contributed by atoms with E-state index in [1.54, 1.807) is 16.8 Å². The summed E-state index contributed by atoms with van der Waals surface area (Å²) < 4.78 is 28.4. The van der Waals surface area contributed by atoms with Crippen LogP contribution in [-0.4, -0.2) is 36.3 Å². The third kappa shape index (κ3) is 3.27. The molecule has 0 unspecified atom stereocenters. The van der Waals surface area contributed by atoms with Gasteiger partial charge in [0.2, 0.25) is 15.0 Å². The fraction of sp³-hybridized carbons (Fsp3) is 0.368. The van der Waals surface area contributed by atoms with Crippen LogP contribution in [0.15, 0.2) is 40.3 Å². The second-order valence-electron chi connectivity index (χ2n) is 6.96.